The Morgan fingerprint density at radius 2 is 1.94 bits per heavy atom. The molecule has 5 rings (SSSR count). The molecule has 1 atom stereocenters. The standard InChI is InChI=1S/C23H32N8O3/c1-14-11-34-8-7-30(14)21-27-17(15-9-25-20(24)26-10-15)16-5-6-31(18(16)28-21)23(4)12-29(13-23)19(32)22(2,3)33/h9-10,14,33H,5-8,11-13H2,1-4H3,(H2,24,25,26)/t14-/m0/s1. The molecule has 1 amide bonds. The Hall–Kier alpha value is -3.05. The van der Waals surface area contributed by atoms with E-state index in [2.05, 4.69) is 33.6 Å². The minimum Gasteiger partial charge on any atom is -0.381 e. The van der Waals surface area contributed by atoms with Crippen molar-refractivity contribution in [3.05, 3.63) is 18.0 Å². The molecule has 2 aromatic heterocycles. The Morgan fingerprint density at radius 1 is 1.24 bits per heavy atom. The Balaban J connectivity index is 1.53. The molecule has 0 radical (unpaired) electrons. The van der Waals surface area contributed by atoms with Crippen LogP contribution >= 0.6 is 0 Å². The van der Waals surface area contributed by atoms with Crippen LogP contribution in [-0.4, -0.2) is 92.4 Å². The van der Waals surface area contributed by atoms with Gasteiger partial charge in [0.15, 0.2) is 0 Å². The average Bonchev–Trinajstić information content (AvgIpc) is 3.20. The third kappa shape index (κ3) is 3.82. The normalized spacial score (nSPS) is 21.9. The molecule has 11 nitrogen and oxygen atoms in total. The van der Waals surface area contributed by atoms with Gasteiger partial charge in [-0.2, -0.15) is 4.98 Å². The fraction of sp³-hybridized carbons (Fsp3) is 0.609. The van der Waals surface area contributed by atoms with Crippen LogP contribution in [0.4, 0.5) is 17.7 Å². The summed E-state index contributed by atoms with van der Waals surface area (Å²) in [6, 6.07) is 0.149. The number of nitrogen functional groups attached to an aromatic ring is 1. The van der Waals surface area contributed by atoms with Crippen molar-refractivity contribution >= 4 is 23.6 Å². The van der Waals surface area contributed by atoms with Crippen LogP contribution in [0.3, 0.4) is 0 Å². The lowest BCUT2D eigenvalue weighted by Gasteiger charge is -2.54. The molecule has 2 fully saturated rings. The second-order valence-electron chi connectivity index (χ2n) is 10.2. The Morgan fingerprint density at radius 3 is 2.59 bits per heavy atom. The van der Waals surface area contributed by atoms with Crippen LogP contribution in [0.1, 0.15) is 33.3 Å². The van der Waals surface area contributed by atoms with Crippen LogP contribution in [-0.2, 0) is 16.0 Å². The van der Waals surface area contributed by atoms with E-state index in [4.69, 9.17) is 20.4 Å². The molecule has 3 aliphatic rings. The van der Waals surface area contributed by atoms with Crippen molar-refractivity contribution in [2.24, 2.45) is 0 Å². The van der Waals surface area contributed by atoms with Gasteiger partial charge in [-0.3, -0.25) is 4.79 Å². The zero-order valence-corrected chi connectivity index (χ0v) is 20.2. The first-order valence-corrected chi connectivity index (χ1v) is 11.7. The number of rotatable bonds is 4. The summed E-state index contributed by atoms with van der Waals surface area (Å²) in [4.78, 5) is 37.1. The molecule has 2 saturated heterocycles. The Labute approximate surface area is 199 Å². The zero-order valence-electron chi connectivity index (χ0n) is 20.2. The summed E-state index contributed by atoms with van der Waals surface area (Å²) in [5, 5.41) is 10.1. The molecule has 3 aliphatic heterocycles. The van der Waals surface area contributed by atoms with Gasteiger partial charge < -0.3 is 30.3 Å². The van der Waals surface area contributed by atoms with Gasteiger partial charge in [0.2, 0.25) is 11.9 Å². The lowest BCUT2D eigenvalue weighted by Crippen LogP contribution is -2.71. The number of morpholine rings is 1. The van der Waals surface area contributed by atoms with E-state index >= 15 is 0 Å². The number of aliphatic hydroxyl groups is 1. The van der Waals surface area contributed by atoms with E-state index in [-0.39, 0.29) is 23.4 Å². The third-order valence-corrected chi connectivity index (χ3v) is 6.91. The fourth-order valence-electron chi connectivity index (χ4n) is 5.10. The highest BCUT2D eigenvalue weighted by Gasteiger charge is 2.50. The van der Waals surface area contributed by atoms with Gasteiger partial charge >= 0.3 is 0 Å². The second-order valence-corrected chi connectivity index (χ2v) is 10.2. The smallest absolute Gasteiger partial charge is 0.254 e. The summed E-state index contributed by atoms with van der Waals surface area (Å²) < 4.78 is 5.62. The maximum atomic E-state index is 12.5. The first kappa shape index (κ1) is 22.7. The molecule has 3 N–H and O–H groups in total. The average molecular weight is 469 g/mol. The molecule has 2 aromatic rings. The van der Waals surface area contributed by atoms with Gasteiger partial charge in [0.25, 0.3) is 5.91 Å². The molecule has 182 valence electrons. The van der Waals surface area contributed by atoms with E-state index in [1.165, 1.54) is 13.8 Å². The highest BCUT2D eigenvalue weighted by Crippen LogP contribution is 2.42. The van der Waals surface area contributed by atoms with E-state index in [1.807, 2.05) is 0 Å². The lowest BCUT2D eigenvalue weighted by atomic mass is 9.88. The van der Waals surface area contributed by atoms with E-state index in [0.717, 1.165) is 35.6 Å². The van der Waals surface area contributed by atoms with E-state index in [9.17, 15) is 9.90 Å². The van der Waals surface area contributed by atoms with Crippen LogP contribution in [0.25, 0.3) is 11.3 Å². The molecular weight excluding hydrogens is 436 g/mol. The molecule has 0 saturated carbocycles. The minimum absolute atomic E-state index is 0.149. The lowest BCUT2D eigenvalue weighted by molar-refractivity contribution is -0.155. The molecule has 0 unspecified atom stereocenters. The number of carbonyl (C=O) groups excluding carboxylic acids is 1. The number of carbonyl (C=O) groups is 1. The second kappa shape index (κ2) is 8.02. The van der Waals surface area contributed by atoms with Gasteiger partial charge in [-0.25, -0.2) is 15.0 Å². The number of anilines is 3. The first-order chi connectivity index (χ1) is 16.1. The van der Waals surface area contributed by atoms with Crippen molar-refractivity contribution in [1.29, 1.82) is 0 Å². The molecule has 0 aromatic carbocycles. The molecular formula is C23H32N8O3. The number of aromatic nitrogens is 4. The van der Waals surface area contributed by atoms with Gasteiger partial charge in [-0.1, -0.05) is 0 Å². The molecule has 0 spiro atoms. The zero-order chi connectivity index (χ0) is 24.3. The van der Waals surface area contributed by atoms with Crippen molar-refractivity contribution < 1.29 is 14.6 Å². The highest BCUT2D eigenvalue weighted by molar-refractivity contribution is 5.85. The summed E-state index contributed by atoms with van der Waals surface area (Å²) in [6.45, 7) is 11.1. The number of nitrogens with two attached hydrogens (primary N) is 1. The van der Waals surface area contributed by atoms with Crippen molar-refractivity contribution in [3.63, 3.8) is 0 Å². The molecule has 0 aliphatic carbocycles. The molecule has 5 heterocycles. The summed E-state index contributed by atoms with van der Waals surface area (Å²) in [5.41, 5.74) is 6.73. The predicted octanol–water partition coefficient (Wildman–Crippen LogP) is 0.475. The molecule has 34 heavy (non-hydrogen) atoms. The number of likely N-dealkylation sites (tertiary alicyclic amines) is 1. The predicted molar refractivity (Wildman–Crippen MR) is 127 cm³/mol. The minimum atomic E-state index is -1.38. The van der Waals surface area contributed by atoms with E-state index in [0.29, 0.717) is 38.8 Å². The number of hydrogen-bond acceptors (Lipinski definition) is 10. The van der Waals surface area contributed by atoms with Crippen LogP contribution in [0.5, 0.6) is 0 Å². The van der Waals surface area contributed by atoms with Crippen LogP contribution < -0.4 is 15.5 Å². The number of hydrogen-bond donors (Lipinski definition) is 2. The summed E-state index contributed by atoms with van der Waals surface area (Å²) in [5.74, 6) is 1.50. The van der Waals surface area contributed by atoms with Crippen molar-refractivity contribution in [1.82, 2.24) is 24.8 Å². The number of amides is 1. The highest BCUT2D eigenvalue weighted by atomic mass is 16.5. The van der Waals surface area contributed by atoms with Gasteiger partial charge in [-0.15, -0.1) is 0 Å². The fourth-order valence-corrected chi connectivity index (χ4v) is 5.10. The van der Waals surface area contributed by atoms with Gasteiger partial charge in [0.1, 0.15) is 11.4 Å². The summed E-state index contributed by atoms with van der Waals surface area (Å²) in [7, 11) is 0. The van der Waals surface area contributed by atoms with E-state index in [1.54, 1.807) is 17.3 Å². The topological polar surface area (TPSA) is 134 Å². The first-order valence-electron chi connectivity index (χ1n) is 11.7. The number of ether oxygens (including phenoxy) is 1. The van der Waals surface area contributed by atoms with E-state index < -0.39 is 5.60 Å². The summed E-state index contributed by atoms with van der Waals surface area (Å²) >= 11 is 0. The van der Waals surface area contributed by atoms with Gasteiger partial charge in [-0.05, 0) is 34.1 Å². The SMILES string of the molecule is C[C@H]1COCCN1c1nc(-c2cnc(N)nc2)c2c(n1)N(C1(C)CN(C(=O)C(C)(C)O)C1)CC2. The van der Waals surface area contributed by atoms with Crippen LogP contribution in [0, 0.1) is 0 Å². The van der Waals surface area contributed by atoms with Gasteiger partial charge in [0.05, 0.1) is 30.5 Å². The largest absolute Gasteiger partial charge is 0.381 e. The third-order valence-electron chi connectivity index (χ3n) is 6.91. The van der Waals surface area contributed by atoms with Crippen molar-refractivity contribution in [2.45, 2.75) is 51.3 Å². The van der Waals surface area contributed by atoms with Crippen LogP contribution in [0.15, 0.2) is 12.4 Å². The number of fused-ring (bicyclic) bond motifs is 1. The summed E-state index contributed by atoms with van der Waals surface area (Å²) in [6.07, 6.45) is 4.19. The van der Waals surface area contributed by atoms with Crippen LogP contribution in [0.2, 0.25) is 0 Å². The van der Waals surface area contributed by atoms with Crippen molar-refractivity contribution in [3.8, 4) is 11.3 Å². The Kier molecular flexibility index (Phi) is 5.36. The molecule has 0 bridgehead atoms. The number of nitrogens with zero attached hydrogens (tertiary/aromatic N) is 7. The quantitative estimate of drug-likeness (QED) is 0.652. The van der Waals surface area contributed by atoms with Gasteiger partial charge in [0, 0.05) is 49.7 Å². The molecule has 11 heteroatoms. The maximum absolute atomic E-state index is 12.5. The van der Waals surface area contributed by atoms with Crippen molar-refractivity contribution in [2.75, 3.05) is 54.9 Å². The monoisotopic (exact) mass is 468 g/mol. The Bertz CT molecular complexity index is 1090. The maximum Gasteiger partial charge on any atom is 0.254 e.